The van der Waals surface area contributed by atoms with E-state index in [1.165, 1.54) is 16.2 Å². The summed E-state index contributed by atoms with van der Waals surface area (Å²) >= 11 is 1.44. The summed E-state index contributed by atoms with van der Waals surface area (Å²) in [6.45, 7) is 2.27. The Morgan fingerprint density at radius 2 is 2.47 bits per heavy atom. The SMILES string of the molecule is CC1NCC(=O)N(Cc2nccs2)C1=O. The summed E-state index contributed by atoms with van der Waals surface area (Å²) in [6, 6.07) is -0.289. The van der Waals surface area contributed by atoms with Crippen LogP contribution in [-0.4, -0.2) is 34.3 Å². The largest absolute Gasteiger partial charge is 0.298 e. The van der Waals surface area contributed by atoms with Gasteiger partial charge in [-0.25, -0.2) is 4.98 Å². The zero-order valence-electron chi connectivity index (χ0n) is 8.27. The molecule has 0 aromatic carbocycles. The quantitative estimate of drug-likeness (QED) is 0.719. The molecule has 1 unspecified atom stereocenters. The number of carbonyl (C=O) groups excluding carboxylic acids is 2. The first-order valence-corrected chi connectivity index (χ1v) is 5.52. The summed E-state index contributed by atoms with van der Waals surface area (Å²) < 4.78 is 0. The van der Waals surface area contributed by atoms with E-state index >= 15 is 0 Å². The number of amides is 2. The van der Waals surface area contributed by atoms with Gasteiger partial charge in [0.25, 0.3) is 0 Å². The van der Waals surface area contributed by atoms with Gasteiger partial charge < -0.3 is 0 Å². The van der Waals surface area contributed by atoms with Gasteiger partial charge in [-0.15, -0.1) is 11.3 Å². The average Bonchev–Trinajstić information content (AvgIpc) is 2.71. The number of imide groups is 1. The van der Waals surface area contributed by atoms with Crippen LogP contribution in [0.3, 0.4) is 0 Å². The summed E-state index contributed by atoms with van der Waals surface area (Å²) in [7, 11) is 0. The first kappa shape index (κ1) is 10.3. The fourth-order valence-corrected chi connectivity index (χ4v) is 2.02. The number of thiazole rings is 1. The fraction of sp³-hybridized carbons (Fsp3) is 0.444. The second-order valence-corrected chi connectivity index (χ2v) is 4.33. The molecule has 1 aliphatic heterocycles. The van der Waals surface area contributed by atoms with Crippen LogP contribution in [0.5, 0.6) is 0 Å². The van der Waals surface area contributed by atoms with Gasteiger partial charge in [0.15, 0.2) is 0 Å². The molecule has 1 aromatic rings. The van der Waals surface area contributed by atoms with Crippen molar-refractivity contribution in [1.82, 2.24) is 15.2 Å². The molecular formula is C9H11N3O2S. The maximum Gasteiger partial charge on any atom is 0.246 e. The van der Waals surface area contributed by atoms with E-state index < -0.39 is 0 Å². The van der Waals surface area contributed by atoms with Gasteiger partial charge in [0.1, 0.15) is 5.01 Å². The first-order chi connectivity index (χ1) is 7.18. The lowest BCUT2D eigenvalue weighted by Gasteiger charge is -2.28. The van der Waals surface area contributed by atoms with Crippen LogP contribution in [-0.2, 0) is 16.1 Å². The summed E-state index contributed by atoms with van der Waals surface area (Å²) in [5, 5.41) is 5.45. The van der Waals surface area contributed by atoms with Crippen LogP contribution in [0.1, 0.15) is 11.9 Å². The van der Waals surface area contributed by atoms with E-state index in [4.69, 9.17) is 0 Å². The summed E-state index contributed by atoms with van der Waals surface area (Å²) in [6.07, 6.45) is 1.67. The zero-order valence-corrected chi connectivity index (χ0v) is 9.08. The summed E-state index contributed by atoms with van der Waals surface area (Å²) in [5.41, 5.74) is 0. The number of hydrogen-bond acceptors (Lipinski definition) is 5. The fourth-order valence-electron chi connectivity index (χ4n) is 1.41. The van der Waals surface area contributed by atoms with Gasteiger partial charge in [-0.05, 0) is 6.92 Å². The average molecular weight is 225 g/mol. The molecule has 1 aromatic heterocycles. The highest BCUT2D eigenvalue weighted by atomic mass is 32.1. The molecule has 0 spiro atoms. The summed E-state index contributed by atoms with van der Waals surface area (Å²) in [5.74, 6) is -0.366. The van der Waals surface area contributed by atoms with Gasteiger partial charge >= 0.3 is 0 Å². The van der Waals surface area contributed by atoms with Crippen LogP contribution in [0.15, 0.2) is 11.6 Å². The molecule has 2 amide bonds. The minimum Gasteiger partial charge on any atom is -0.298 e. The van der Waals surface area contributed by atoms with E-state index in [-0.39, 0.29) is 24.4 Å². The maximum absolute atomic E-state index is 11.7. The van der Waals surface area contributed by atoms with Crippen LogP contribution >= 0.6 is 11.3 Å². The smallest absolute Gasteiger partial charge is 0.246 e. The molecule has 0 saturated carbocycles. The Morgan fingerprint density at radius 1 is 1.67 bits per heavy atom. The number of carbonyl (C=O) groups is 2. The lowest BCUT2D eigenvalue weighted by molar-refractivity contribution is -0.149. The van der Waals surface area contributed by atoms with Crippen molar-refractivity contribution in [2.75, 3.05) is 6.54 Å². The molecule has 1 atom stereocenters. The topological polar surface area (TPSA) is 62.3 Å². The van der Waals surface area contributed by atoms with E-state index in [1.54, 1.807) is 13.1 Å². The maximum atomic E-state index is 11.7. The molecule has 2 heterocycles. The number of nitrogens with one attached hydrogen (secondary N) is 1. The minimum absolute atomic E-state index is 0.179. The molecular weight excluding hydrogens is 214 g/mol. The Kier molecular flexibility index (Phi) is 2.79. The third kappa shape index (κ3) is 2.05. The molecule has 80 valence electrons. The van der Waals surface area contributed by atoms with Crippen molar-refractivity contribution in [1.29, 1.82) is 0 Å². The van der Waals surface area contributed by atoms with Crippen LogP contribution in [0.25, 0.3) is 0 Å². The van der Waals surface area contributed by atoms with Crippen molar-refractivity contribution in [2.45, 2.75) is 19.5 Å². The molecule has 0 radical (unpaired) electrons. The second-order valence-electron chi connectivity index (χ2n) is 3.35. The number of piperazine rings is 1. The van der Waals surface area contributed by atoms with Crippen molar-refractivity contribution in [3.63, 3.8) is 0 Å². The van der Waals surface area contributed by atoms with Gasteiger partial charge in [0.2, 0.25) is 11.8 Å². The number of hydrogen-bond donors (Lipinski definition) is 1. The van der Waals surface area contributed by atoms with E-state index in [0.717, 1.165) is 5.01 Å². The Balaban J connectivity index is 2.12. The van der Waals surface area contributed by atoms with Gasteiger partial charge in [0.05, 0.1) is 19.1 Å². The highest BCUT2D eigenvalue weighted by Gasteiger charge is 2.31. The minimum atomic E-state index is -0.289. The molecule has 1 fully saturated rings. The second kappa shape index (κ2) is 4.08. The molecule has 6 heteroatoms. The number of aromatic nitrogens is 1. The Labute approximate surface area is 91.1 Å². The third-order valence-electron chi connectivity index (χ3n) is 2.27. The highest BCUT2D eigenvalue weighted by Crippen LogP contribution is 2.11. The van der Waals surface area contributed by atoms with Crippen molar-refractivity contribution in [3.8, 4) is 0 Å². The first-order valence-electron chi connectivity index (χ1n) is 4.64. The van der Waals surface area contributed by atoms with Crippen molar-refractivity contribution in [2.24, 2.45) is 0 Å². The van der Waals surface area contributed by atoms with Crippen molar-refractivity contribution in [3.05, 3.63) is 16.6 Å². The summed E-state index contributed by atoms with van der Waals surface area (Å²) in [4.78, 5) is 28.5. The number of nitrogens with zero attached hydrogens (tertiary/aromatic N) is 2. The van der Waals surface area contributed by atoms with Crippen LogP contribution < -0.4 is 5.32 Å². The van der Waals surface area contributed by atoms with E-state index in [0.29, 0.717) is 6.54 Å². The van der Waals surface area contributed by atoms with Crippen LogP contribution in [0.2, 0.25) is 0 Å². The highest BCUT2D eigenvalue weighted by molar-refractivity contribution is 7.09. The van der Waals surface area contributed by atoms with Gasteiger partial charge in [-0.3, -0.25) is 19.8 Å². The Bertz CT molecular complexity index is 377. The van der Waals surface area contributed by atoms with Gasteiger partial charge in [0, 0.05) is 11.6 Å². The molecule has 5 nitrogen and oxygen atoms in total. The molecule has 0 aliphatic carbocycles. The Morgan fingerprint density at radius 3 is 3.13 bits per heavy atom. The third-order valence-corrected chi connectivity index (χ3v) is 3.04. The van der Waals surface area contributed by atoms with Crippen molar-refractivity contribution >= 4 is 23.2 Å². The molecule has 1 saturated heterocycles. The van der Waals surface area contributed by atoms with Crippen molar-refractivity contribution < 1.29 is 9.59 Å². The molecule has 1 aliphatic rings. The molecule has 1 N–H and O–H groups in total. The van der Waals surface area contributed by atoms with E-state index in [2.05, 4.69) is 10.3 Å². The lowest BCUT2D eigenvalue weighted by Crippen LogP contribution is -2.56. The van der Waals surface area contributed by atoms with E-state index in [9.17, 15) is 9.59 Å². The Hall–Kier alpha value is -1.27. The monoisotopic (exact) mass is 225 g/mol. The van der Waals surface area contributed by atoms with Gasteiger partial charge in [-0.1, -0.05) is 0 Å². The van der Waals surface area contributed by atoms with E-state index in [1.807, 2.05) is 5.38 Å². The van der Waals surface area contributed by atoms with Crippen LogP contribution in [0.4, 0.5) is 0 Å². The molecule has 15 heavy (non-hydrogen) atoms. The standard InChI is InChI=1S/C9H11N3O2S/c1-6-9(14)12(8(13)4-11-6)5-7-10-2-3-15-7/h2-3,6,11H,4-5H2,1H3. The normalized spacial score (nSPS) is 22.2. The molecule has 0 bridgehead atoms. The van der Waals surface area contributed by atoms with Crippen LogP contribution in [0, 0.1) is 0 Å². The number of rotatable bonds is 2. The van der Waals surface area contributed by atoms with Gasteiger partial charge in [-0.2, -0.15) is 0 Å². The zero-order chi connectivity index (χ0) is 10.8. The predicted molar refractivity (Wildman–Crippen MR) is 55.1 cm³/mol. The molecule has 2 rings (SSSR count). The predicted octanol–water partition coefficient (Wildman–Crippen LogP) is -0.0100. The lowest BCUT2D eigenvalue weighted by atomic mass is 10.2.